The first kappa shape index (κ1) is 22.2. The lowest BCUT2D eigenvalue weighted by Gasteiger charge is -2.13. The first-order valence-corrected chi connectivity index (χ1v) is 10.3. The number of ether oxygens (including phenoxy) is 2. The molecule has 0 spiro atoms. The summed E-state index contributed by atoms with van der Waals surface area (Å²) >= 11 is 0.831. The topological polar surface area (TPSA) is 112 Å². The predicted molar refractivity (Wildman–Crippen MR) is 115 cm³/mol. The highest BCUT2D eigenvalue weighted by atomic mass is 32.2. The summed E-state index contributed by atoms with van der Waals surface area (Å²) in [6.45, 7) is 2.44. The van der Waals surface area contributed by atoms with Gasteiger partial charge in [-0.1, -0.05) is 6.07 Å². The summed E-state index contributed by atoms with van der Waals surface area (Å²) in [6.07, 6.45) is 4.02. The van der Waals surface area contributed by atoms with Crippen molar-refractivity contribution in [1.82, 2.24) is 10.2 Å². The number of pyridine rings is 1. The number of rotatable bonds is 8. The van der Waals surface area contributed by atoms with E-state index in [1.54, 1.807) is 24.3 Å². The number of thioether (sulfide) groups is 1. The zero-order valence-corrected chi connectivity index (χ0v) is 17.8. The molecule has 0 bridgehead atoms. The average Bonchev–Trinajstić information content (AvgIpc) is 3.02. The third kappa shape index (κ3) is 5.34. The summed E-state index contributed by atoms with van der Waals surface area (Å²) in [5.41, 5.74) is 0.880. The Morgan fingerprint density at radius 1 is 1.29 bits per heavy atom. The van der Waals surface area contributed by atoms with Crippen LogP contribution < -0.4 is 19.5 Å². The fourth-order valence-corrected chi connectivity index (χ4v) is 3.73. The molecule has 162 valence electrons. The molecule has 10 heteroatoms. The van der Waals surface area contributed by atoms with Gasteiger partial charge in [0, 0.05) is 19.2 Å². The number of imide groups is 1. The molecule has 0 radical (unpaired) electrons. The van der Waals surface area contributed by atoms with Gasteiger partial charge in [-0.05, 0) is 48.5 Å². The molecule has 2 aromatic rings. The Kier molecular flexibility index (Phi) is 7.14. The number of hydrogen-bond acceptors (Lipinski definition) is 7. The zero-order valence-electron chi connectivity index (χ0n) is 17.0. The van der Waals surface area contributed by atoms with Gasteiger partial charge in [0.2, 0.25) is 0 Å². The van der Waals surface area contributed by atoms with Crippen LogP contribution in [0.4, 0.5) is 4.79 Å². The number of nitrogens with zero attached hydrogens (tertiary/aromatic N) is 2. The van der Waals surface area contributed by atoms with E-state index in [9.17, 15) is 19.6 Å². The molecule has 2 heterocycles. The highest BCUT2D eigenvalue weighted by Crippen LogP contribution is 2.34. The Labute approximate surface area is 183 Å². The molecule has 0 unspecified atom stereocenters. The molecule has 1 aromatic carbocycles. The molecule has 1 aliphatic rings. The summed E-state index contributed by atoms with van der Waals surface area (Å²) in [7, 11) is 1.52. The summed E-state index contributed by atoms with van der Waals surface area (Å²) in [5.74, 6) is 0.216. The van der Waals surface area contributed by atoms with Gasteiger partial charge in [-0.15, -0.1) is 0 Å². The van der Waals surface area contributed by atoms with Gasteiger partial charge in [0.1, 0.15) is 5.56 Å². The maximum Gasteiger partial charge on any atom is 0.293 e. The van der Waals surface area contributed by atoms with E-state index in [1.165, 1.54) is 25.4 Å². The van der Waals surface area contributed by atoms with Gasteiger partial charge in [0.15, 0.2) is 23.9 Å². The lowest BCUT2D eigenvalue weighted by Crippen LogP contribution is -2.38. The van der Waals surface area contributed by atoms with Crippen molar-refractivity contribution in [2.75, 3.05) is 26.8 Å². The monoisotopic (exact) mass is 443 g/mol. The first-order valence-electron chi connectivity index (χ1n) is 9.46. The molecule has 0 atom stereocenters. The second-order valence-corrected chi connectivity index (χ2v) is 7.38. The molecule has 0 aliphatic carbocycles. The van der Waals surface area contributed by atoms with Crippen LogP contribution >= 0.6 is 11.8 Å². The van der Waals surface area contributed by atoms with Crippen molar-refractivity contribution < 1.29 is 28.6 Å². The quantitative estimate of drug-likeness (QED) is 0.378. The molecule has 0 saturated carbocycles. The molecule has 1 N–H and O–H groups in total. The summed E-state index contributed by atoms with van der Waals surface area (Å²) in [5, 5.41) is 13.4. The van der Waals surface area contributed by atoms with Crippen molar-refractivity contribution in [1.29, 1.82) is 0 Å². The van der Waals surface area contributed by atoms with Gasteiger partial charge in [0.05, 0.1) is 18.6 Å². The van der Waals surface area contributed by atoms with Crippen LogP contribution in [-0.4, -0.2) is 48.8 Å². The second kappa shape index (κ2) is 9.98. The number of methoxy groups -OCH3 is 1. The number of benzene rings is 1. The van der Waals surface area contributed by atoms with E-state index in [-0.39, 0.29) is 23.6 Å². The van der Waals surface area contributed by atoms with Crippen LogP contribution in [0.25, 0.3) is 6.08 Å². The fraction of sp³-hybridized carbons (Fsp3) is 0.238. The maximum atomic E-state index is 12.6. The van der Waals surface area contributed by atoms with Crippen LogP contribution in [0.15, 0.2) is 47.6 Å². The molecular formula is C21H21N3O6S. The molecular weight excluding hydrogens is 422 g/mol. The zero-order chi connectivity index (χ0) is 22.4. The summed E-state index contributed by atoms with van der Waals surface area (Å²) in [6, 6.07) is 8.19. The second-order valence-electron chi connectivity index (χ2n) is 6.39. The Balaban J connectivity index is 1.63. The van der Waals surface area contributed by atoms with Gasteiger partial charge < -0.3 is 20.0 Å². The van der Waals surface area contributed by atoms with Crippen molar-refractivity contribution in [3.63, 3.8) is 0 Å². The molecule has 1 fully saturated rings. The smallest absolute Gasteiger partial charge is 0.293 e. The van der Waals surface area contributed by atoms with Crippen LogP contribution in [0.2, 0.25) is 0 Å². The van der Waals surface area contributed by atoms with Crippen molar-refractivity contribution >= 4 is 34.9 Å². The Morgan fingerprint density at radius 2 is 2.10 bits per heavy atom. The van der Waals surface area contributed by atoms with E-state index in [4.69, 9.17) is 9.47 Å². The maximum absolute atomic E-state index is 12.6. The van der Waals surface area contributed by atoms with E-state index in [1.807, 2.05) is 6.92 Å². The normalized spacial score (nSPS) is 14.8. The minimum atomic E-state index is -0.464. The Morgan fingerprint density at radius 3 is 2.81 bits per heavy atom. The molecule has 3 rings (SSSR count). The molecule has 3 amide bonds. The van der Waals surface area contributed by atoms with Crippen LogP contribution in [0.5, 0.6) is 11.5 Å². The van der Waals surface area contributed by atoms with E-state index in [0.717, 1.165) is 22.9 Å². The van der Waals surface area contributed by atoms with Gasteiger partial charge in [-0.25, -0.2) is 0 Å². The molecule has 1 saturated heterocycles. The van der Waals surface area contributed by atoms with Crippen LogP contribution in [0, 0.1) is 5.21 Å². The highest BCUT2D eigenvalue weighted by molar-refractivity contribution is 8.18. The predicted octanol–water partition coefficient (Wildman–Crippen LogP) is 2.19. The van der Waals surface area contributed by atoms with E-state index in [0.29, 0.717) is 28.4 Å². The standard InChI is InChI=1S/C21H21N3O6S/c1-3-30-16-7-6-14(11-17(16)29-2)12-18-20(26)24(21(27)31-18)10-8-22-19(25)15-5-4-9-23(28)13-15/h4-7,9,11-13H,3,8,10H2,1-2H3,(H,22,25)/b18-12-. The van der Waals surface area contributed by atoms with Gasteiger partial charge in [0.25, 0.3) is 17.1 Å². The van der Waals surface area contributed by atoms with Crippen molar-refractivity contribution in [3.8, 4) is 11.5 Å². The number of hydrogen-bond donors (Lipinski definition) is 1. The number of carbonyl (C=O) groups is 3. The largest absolute Gasteiger partial charge is 0.619 e. The Bertz CT molecular complexity index is 1040. The van der Waals surface area contributed by atoms with E-state index in [2.05, 4.69) is 5.32 Å². The highest BCUT2D eigenvalue weighted by Gasteiger charge is 2.34. The van der Waals surface area contributed by atoms with Gasteiger partial charge >= 0.3 is 0 Å². The van der Waals surface area contributed by atoms with E-state index < -0.39 is 17.1 Å². The minimum absolute atomic E-state index is 0.0184. The third-order valence-electron chi connectivity index (χ3n) is 4.32. The molecule has 31 heavy (non-hydrogen) atoms. The molecule has 9 nitrogen and oxygen atoms in total. The van der Waals surface area contributed by atoms with E-state index >= 15 is 0 Å². The number of nitrogens with one attached hydrogen (secondary N) is 1. The fourth-order valence-electron chi connectivity index (χ4n) is 2.87. The summed E-state index contributed by atoms with van der Waals surface area (Å²) in [4.78, 5) is 38.3. The van der Waals surface area contributed by atoms with Crippen molar-refractivity contribution in [2.45, 2.75) is 6.92 Å². The number of carbonyl (C=O) groups excluding carboxylic acids is 3. The lowest BCUT2D eigenvalue weighted by molar-refractivity contribution is -0.605. The third-order valence-corrected chi connectivity index (χ3v) is 5.22. The first-order chi connectivity index (χ1) is 14.9. The van der Waals surface area contributed by atoms with Gasteiger partial charge in [-0.2, -0.15) is 4.73 Å². The van der Waals surface area contributed by atoms with Crippen LogP contribution in [-0.2, 0) is 4.79 Å². The summed E-state index contributed by atoms with van der Waals surface area (Å²) < 4.78 is 11.3. The Hall–Kier alpha value is -3.53. The number of aromatic nitrogens is 1. The lowest BCUT2D eigenvalue weighted by atomic mass is 10.2. The van der Waals surface area contributed by atoms with Gasteiger partial charge in [-0.3, -0.25) is 19.3 Å². The van der Waals surface area contributed by atoms with Crippen molar-refractivity contribution in [3.05, 3.63) is 64.0 Å². The van der Waals surface area contributed by atoms with Crippen LogP contribution in [0.1, 0.15) is 22.8 Å². The number of amides is 3. The molecule has 1 aromatic heterocycles. The average molecular weight is 443 g/mol. The van der Waals surface area contributed by atoms with Crippen LogP contribution in [0.3, 0.4) is 0 Å². The molecule has 1 aliphatic heterocycles. The SMILES string of the molecule is CCOc1ccc(/C=C2\SC(=O)N(CCNC(=O)c3ccc[n+]([O-])c3)C2=O)cc1OC. The minimum Gasteiger partial charge on any atom is -0.619 e. The van der Waals surface area contributed by atoms with Crippen molar-refractivity contribution in [2.24, 2.45) is 0 Å².